The largest absolute Gasteiger partial charge is 0.508 e. The predicted molar refractivity (Wildman–Crippen MR) is 223 cm³/mol. The van der Waals surface area contributed by atoms with Crippen molar-refractivity contribution in [2.24, 2.45) is 0 Å². The van der Waals surface area contributed by atoms with Crippen LogP contribution in [0.15, 0.2) is 91.5 Å². The molecule has 3 fully saturated rings. The Morgan fingerprint density at radius 1 is 0.879 bits per heavy atom. The van der Waals surface area contributed by atoms with Crippen LogP contribution in [0.25, 0.3) is 5.70 Å². The number of aromatic hydroxyl groups is 1. The van der Waals surface area contributed by atoms with Gasteiger partial charge in [-0.05, 0) is 89.4 Å². The number of fused-ring (bicyclic) bond motifs is 5. The zero-order valence-corrected chi connectivity index (χ0v) is 33.0. The van der Waals surface area contributed by atoms with Crippen molar-refractivity contribution in [3.8, 4) is 11.5 Å². The van der Waals surface area contributed by atoms with Gasteiger partial charge >= 0.3 is 0 Å². The molecule has 3 amide bonds. The summed E-state index contributed by atoms with van der Waals surface area (Å²) in [6, 6.07) is 29.6. The Labute approximate surface area is 339 Å². The molecule has 11 heteroatoms. The van der Waals surface area contributed by atoms with Crippen LogP contribution in [0.2, 0.25) is 0 Å². The number of phenolic OH excluding ortho intramolecular Hbond substituents is 1. The lowest BCUT2D eigenvalue weighted by molar-refractivity contribution is -0.150. The molecule has 11 nitrogen and oxygen atoms in total. The summed E-state index contributed by atoms with van der Waals surface area (Å²) in [6.07, 6.45) is 2.83. The van der Waals surface area contributed by atoms with Gasteiger partial charge < -0.3 is 29.9 Å². The van der Waals surface area contributed by atoms with E-state index in [9.17, 15) is 19.5 Å². The molecule has 5 aliphatic heterocycles. The Balaban J connectivity index is 0.733. The van der Waals surface area contributed by atoms with Gasteiger partial charge in [0.05, 0.1) is 24.3 Å². The van der Waals surface area contributed by atoms with Crippen LogP contribution in [0.5, 0.6) is 11.5 Å². The molecule has 4 atom stereocenters. The number of piperazine rings is 1. The number of hydrogen-bond acceptors (Lipinski definition) is 9. The second kappa shape index (κ2) is 14.5. The molecule has 0 bridgehead atoms. The van der Waals surface area contributed by atoms with Gasteiger partial charge in [-0.1, -0.05) is 55.1 Å². The summed E-state index contributed by atoms with van der Waals surface area (Å²) in [5.74, 6) is 1.58. The molecule has 0 radical (unpaired) electrons. The van der Waals surface area contributed by atoms with Crippen LogP contribution in [-0.4, -0.2) is 113 Å². The Bertz CT molecular complexity index is 2290. The minimum Gasteiger partial charge on any atom is -0.508 e. The highest BCUT2D eigenvalue weighted by Crippen LogP contribution is 2.48. The number of likely N-dealkylation sites (N-methyl/N-ethyl adjacent to an activating group) is 1. The molecule has 0 spiro atoms. The summed E-state index contributed by atoms with van der Waals surface area (Å²) < 4.78 is 6.33. The lowest BCUT2D eigenvalue weighted by atomic mass is 9.69. The molecular weight excluding hydrogens is 729 g/mol. The third-order valence-electron chi connectivity index (χ3n) is 13.5. The first kappa shape index (κ1) is 36.5. The lowest BCUT2D eigenvalue weighted by Crippen LogP contribution is -2.62. The summed E-state index contributed by atoms with van der Waals surface area (Å²) in [5, 5.41) is 13.9. The maximum absolute atomic E-state index is 13.5. The minimum atomic E-state index is -0.393. The molecule has 0 aromatic heterocycles. The van der Waals surface area contributed by atoms with Crippen molar-refractivity contribution in [3.63, 3.8) is 0 Å². The SMILES string of the molecule is C=C1c2cc3c(cc2CN1C1CCC(=O)N(C)C1=O)N1CCN(CC(=O)N2CC(Nc4ccc([C@@H]5c6ccc(O)cc6CC[C@@H]5c5ccccc5)cc4)C2)C[C@H]1CO3. The Morgan fingerprint density at radius 2 is 1.69 bits per heavy atom. The van der Waals surface area contributed by atoms with Crippen molar-refractivity contribution < 1.29 is 24.2 Å². The van der Waals surface area contributed by atoms with Gasteiger partial charge in [0.2, 0.25) is 11.8 Å². The number of rotatable bonds is 7. The number of anilines is 2. The van der Waals surface area contributed by atoms with Crippen molar-refractivity contribution in [3.05, 3.63) is 125 Å². The van der Waals surface area contributed by atoms with E-state index in [4.69, 9.17) is 4.74 Å². The third-order valence-corrected chi connectivity index (χ3v) is 13.5. The minimum absolute atomic E-state index is 0.133. The molecule has 2 N–H and O–H groups in total. The van der Waals surface area contributed by atoms with Gasteiger partial charge in [0.15, 0.2) is 0 Å². The van der Waals surface area contributed by atoms with E-state index in [0.717, 1.165) is 66.4 Å². The van der Waals surface area contributed by atoms with E-state index in [2.05, 4.69) is 94.5 Å². The summed E-state index contributed by atoms with van der Waals surface area (Å²) >= 11 is 0. The van der Waals surface area contributed by atoms with Crippen molar-refractivity contribution in [1.82, 2.24) is 19.6 Å². The van der Waals surface area contributed by atoms with Crippen LogP contribution in [0, 0.1) is 0 Å². The van der Waals surface area contributed by atoms with Gasteiger partial charge in [-0.3, -0.25) is 24.2 Å². The maximum atomic E-state index is 13.5. The molecular formula is C47H50N6O5. The molecule has 10 rings (SSSR count). The Hall–Kier alpha value is -5.81. The number of piperidine rings is 1. The van der Waals surface area contributed by atoms with Crippen molar-refractivity contribution >= 4 is 34.8 Å². The number of amides is 3. The number of aryl methyl sites for hydroxylation is 1. The number of ether oxygens (including phenoxy) is 1. The number of hydrogen-bond donors (Lipinski definition) is 2. The number of carbonyl (C=O) groups is 3. The molecule has 0 saturated carbocycles. The molecule has 6 aliphatic rings. The first-order chi connectivity index (χ1) is 28.2. The zero-order valence-electron chi connectivity index (χ0n) is 33.0. The number of phenols is 1. The van der Waals surface area contributed by atoms with Crippen LogP contribution >= 0.6 is 0 Å². The quantitative estimate of drug-likeness (QED) is 0.239. The van der Waals surface area contributed by atoms with Crippen LogP contribution in [-0.2, 0) is 27.3 Å². The zero-order chi connectivity index (χ0) is 39.7. The number of nitrogens with zero attached hydrogens (tertiary/aromatic N) is 5. The van der Waals surface area contributed by atoms with Crippen molar-refractivity contribution in [1.29, 1.82) is 0 Å². The lowest BCUT2D eigenvalue weighted by Gasteiger charge is -2.46. The summed E-state index contributed by atoms with van der Waals surface area (Å²) in [7, 11) is 1.56. The Kier molecular flexibility index (Phi) is 9.15. The highest BCUT2D eigenvalue weighted by Gasteiger charge is 2.42. The third kappa shape index (κ3) is 6.45. The molecule has 4 aromatic rings. The summed E-state index contributed by atoms with van der Waals surface area (Å²) in [6.45, 7) is 9.55. The molecule has 1 unspecified atom stereocenters. The number of benzene rings is 4. The van der Waals surface area contributed by atoms with E-state index in [-0.39, 0.29) is 35.7 Å². The maximum Gasteiger partial charge on any atom is 0.251 e. The van der Waals surface area contributed by atoms with Crippen molar-refractivity contribution in [2.75, 3.05) is 63.1 Å². The van der Waals surface area contributed by atoms with E-state index in [1.165, 1.54) is 27.2 Å². The standard InChI is InChI=1S/C47H50N6O5/c1-29-40-22-43-42(21-33(40)23-53(29)41-16-17-44(55)49(2)47(41)57)52-19-18-50(26-36(52)28-58-43)27-45(56)51-24-35(25-51)48-34-11-8-31(9-12-34)46-38(30-6-4-3-5-7-30)14-10-32-20-37(54)13-15-39(32)46/h3-9,11-13,15,20-22,35-36,38,41,46,48,54H,1,10,14,16-19,23-28H2,2H3/t36-,38+,41?,46-/m0/s1. The van der Waals surface area contributed by atoms with Gasteiger partial charge in [-0.15, -0.1) is 0 Å². The first-order valence-corrected chi connectivity index (χ1v) is 20.7. The average molecular weight is 779 g/mol. The first-order valence-electron chi connectivity index (χ1n) is 20.7. The van der Waals surface area contributed by atoms with Crippen LogP contribution < -0.4 is 15.0 Å². The number of carbonyl (C=O) groups excluding carboxylic acids is 3. The fraction of sp³-hybridized carbons (Fsp3) is 0.383. The fourth-order valence-electron chi connectivity index (χ4n) is 10.3. The highest BCUT2D eigenvalue weighted by molar-refractivity contribution is 6.01. The van der Waals surface area contributed by atoms with E-state index >= 15 is 0 Å². The average Bonchev–Trinajstić information content (AvgIpc) is 3.54. The predicted octanol–water partition coefficient (Wildman–Crippen LogP) is 5.39. The molecule has 3 saturated heterocycles. The number of imide groups is 1. The van der Waals surface area contributed by atoms with Crippen molar-refractivity contribution in [2.45, 2.75) is 62.2 Å². The normalized spacial score (nSPS) is 24.4. The molecule has 5 heterocycles. The van der Waals surface area contributed by atoms with Gasteiger partial charge in [-0.2, -0.15) is 0 Å². The molecule has 58 heavy (non-hydrogen) atoms. The topological polar surface area (TPSA) is 109 Å². The molecule has 298 valence electrons. The molecule has 1 aliphatic carbocycles. The monoisotopic (exact) mass is 778 g/mol. The number of likely N-dealkylation sites (tertiary alicyclic amines) is 2. The van der Waals surface area contributed by atoms with E-state index < -0.39 is 6.04 Å². The van der Waals surface area contributed by atoms with E-state index in [1.54, 1.807) is 7.05 Å². The second-order valence-electron chi connectivity index (χ2n) is 17.0. The van der Waals surface area contributed by atoms with E-state index in [1.807, 2.05) is 21.9 Å². The smallest absolute Gasteiger partial charge is 0.251 e. The number of nitrogens with one attached hydrogen (secondary N) is 1. The van der Waals surface area contributed by atoms with Gasteiger partial charge in [0.1, 0.15) is 24.1 Å². The highest BCUT2D eigenvalue weighted by atomic mass is 16.5. The fourth-order valence-corrected chi connectivity index (χ4v) is 10.3. The van der Waals surface area contributed by atoms with Gasteiger partial charge in [-0.25, -0.2) is 0 Å². The van der Waals surface area contributed by atoms with Crippen LogP contribution in [0.1, 0.15) is 64.5 Å². The summed E-state index contributed by atoms with van der Waals surface area (Å²) in [4.78, 5) is 48.5. The van der Waals surface area contributed by atoms with Gasteiger partial charge in [0.25, 0.3) is 5.91 Å². The second-order valence-corrected chi connectivity index (χ2v) is 17.0. The van der Waals surface area contributed by atoms with Crippen LogP contribution in [0.4, 0.5) is 11.4 Å². The van der Waals surface area contributed by atoms with Gasteiger partial charge in [0, 0.05) is 75.6 Å². The molecule has 4 aromatic carbocycles. The summed E-state index contributed by atoms with van der Waals surface area (Å²) in [5.41, 5.74) is 10.2. The Morgan fingerprint density at radius 3 is 2.50 bits per heavy atom. The van der Waals surface area contributed by atoms with E-state index in [0.29, 0.717) is 57.3 Å². The van der Waals surface area contributed by atoms with Crippen LogP contribution in [0.3, 0.4) is 0 Å².